The van der Waals surface area contributed by atoms with Crippen LogP contribution in [0.3, 0.4) is 0 Å². The zero-order chi connectivity index (χ0) is 15.2. The summed E-state index contributed by atoms with van der Waals surface area (Å²) >= 11 is 5.02. The maximum atomic E-state index is 12.8. The Morgan fingerprint density at radius 1 is 1.14 bits per heavy atom. The topological polar surface area (TPSA) is 64.9 Å². The van der Waals surface area contributed by atoms with Crippen molar-refractivity contribution in [1.29, 1.82) is 5.26 Å². The van der Waals surface area contributed by atoms with Gasteiger partial charge in [-0.1, -0.05) is 12.1 Å². The van der Waals surface area contributed by atoms with E-state index >= 15 is 0 Å². The van der Waals surface area contributed by atoms with E-state index in [4.69, 9.17) is 17.5 Å². The summed E-state index contributed by atoms with van der Waals surface area (Å²) in [6.07, 6.45) is 0. The summed E-state index contributed by atoms with van der Waals surface area (Å²) in [6.45, 7) is 0. The molecule has 0 fully saturated rings. The highest BCUT2D eigenvalue weighted by atomic mass is 32.1. The molecule has 0 heterocycles. The summed E-state index contributed by atoms with van der Waals surface area (Å²) in [4.78, 5) is 11.9. The van der Waals surface area contributed by atoms with Crippen LogP contribution in [0.1, 0.15) is 15.9 Å². The fraction of sp³-hybridized carbons (Fsp3) is 0. The number of nitrogens with one attached hydrogen (secondary N) is 2. The Hall–Kier alpha value is -2.78. The zero-order valence-corrected chi connectivity index (χ0v) is 11.6. The summed E-state index contributed by atoms with van der Waals surface area (Å²) in [5.41, 5.74) is 1.20. The van der Waals surface area contributed by atoms with Gasteiger partial charge in [-0.2, -0.15) is 5.26 Å². The Morgan fingerprint density at radius 2 is 1.81 bits per heavy atom. The van der Waals surface area contributed by atoms with Crippen LogP contribution in [0.25, 0.3) is 0 Å². The van der Waals surface area contributed by atoms with Gasteiger partial charge in [-0.05, 0) is 48.6 Å². The largest absolute Gasteiger partial charge is 0.331 e. The summed E-state index contributed by atoms with van der Waals surface area (Å²) in [5.74, 6) is -0.878. The number of carbonyl (C=O) groups excluding carboxylic acids is 1. The normalized spacial score (nSPS) is 9.52. The van der Waals surface area contributed by atoms with Crippen LogP contribution in [0, 0.1) is 17.1 Å². The summed E-state index contributed by atoms with van der Waals surface area (Å²) in [7, 11) is 0. The minimum absolute atomic E-state index is 0.0621. The van der Waals surface area contributed by atoms with Crippen LogP contribution in [0.5, 0.6) is 0 Å². The maximum absolute atomic E-state index is 12.8. The van der Waals surface area contributed by atoms with Gasteiger partial charge in [0.15, 0.2) is 5.11 Å². The Labute approximate surface area is 126 Å². The lowest BCUT2D eigenvalue weighted by molar-refractivity contribution is 0.0977. The minimum Gasteiger partial charge on any atom is -0.331 e. The number of hydrogen-bond acceptors (Lipinski definition) is 3. The molecule has 0 spiro atoms. The number of amides is 1. The smallest absolute Gasteiger partial charge is 0.257 e. The van der Waals surface area contributed by atoms with Crippen molar-refractivity contribution >= 4 is 28.9 Å². The van der Waals surface area contributed by atoms with Crippen molar-refractivity contribution in [2.45, 2.75) is 0 Å². The van der Waals surface area contributed by atoms with Gasteiger partial charge in [-0.15, -0.1) is 0 Å². The predicted octanol–water partition coefficient (Wildman–Crippen LogP) is 2.82. The number of benzene rings is 2. The average Bonchev–Trinajstić information content (AvgIpc) is 2.48. The first-order valence-corrected chi connectivity index (χ1v) is 6.38. The molecule has 0 bridgehead atoms. The third kappa shape index (κ3) is 3.84. The molecule has 2 aromatic rings. The van der Waals surface area contributed by atoms with E-state index in [2.05, 4.69) is 10.6 Å². The first kappa shape index (κ1) is 14.6. The van der Waals surface area contributed by atoms with Crippen LogP contribution in [0.15, 0.2) is 48.5 Å². The highest BCUT2D eigenvalue weighted by Gasteiger charge is 2.09. The first-order chi connectivity index (χ1) is 10.1. The molecule has 0 aliphatic heterocycles. The number of nitriles is 1. The minimum atomic E-state index is -0.457. The van der Waals surface area contributed by atoms with Crippen LogP contribution in [0.4, 0.5) is 10.1 Å². The monoisotopic (exact) mass is 299 g/mol. The molecule has 2 aromatic carbocycles. The Kier molecular flexibility index (Phi) is 4.59. The van der Waals surface area contributed by atoms with E-state index in [1.165, 1.54) is 24.3 Å². The molecule has 0 radical (unpaired) electrons. The first-order valence-electron chi connectivity index (χ1n) is 5.97. The molecule has 0 unspecified atom stereocenters. The molecule has 21 heavy (non-hydrogen) atoms. The van der Waals surface area contributed by atoms with Gasteiger partial charge in [0, 0.05) is 5.56 Å². The number of para-hydroxylation sites is 1. The molecule has 0 saturated heterocycles. The molecule has 1 amide bonds. The molecule has 2 rings (SSSR count). The lowest BCUT2D eigenvalue weighted by Crippen LogP contribution is -2.34. The summed E-state index contributed by atoms with van der Waals surface area (Å²) in [5, 5.41) is 14.3. The lowest BCUT2D eigenvalue weighted by atomic mass is 10.2. The molecular weight excluding hydrogens is 289 g/mol. The van der Waals surface area contributed by atoms with E-state index in [0.717, 1.165) is 0 Å². The molecule has 0 aliphatic rings. The van der Waals surface area contributed by atoms with Crippen LogP contribution < -0.4 is 10.6 Å². The highest BCUT2D eigenvalue weighted by molar-refractivity contribution is 7.80. The molecule has 0 aliphatic carbocycles. The molecule has 0 saturated carbocycles. The second kappa shape index (κ2) is 6.59. The number of thiocarbonyl (C=S) groups is 1. The van der Waals surface area contributed by atoms with Crippen molar-refractivity contribution in [1.82, 2.24) is 5.32 Å². The van der Waals surface area contributed by atoms with Crippen molar-refractivity contribution < 1.29 is 9.18 Å². The second-order valence-corrected chi connectivity index (χ2v) is 4.48. The van der Waals surface area contributed by atoms with Gasteiger partial charge < -0.3 is 5.32 Å². The molecule has 0 atom stereocenters. The third-order valence-corrected chi connectivity index (χ3v) is 2.83. The van der Waals surface area contributed by atoms with Gasteiger partial charge in [0.05, 0.1) is 11.3 Å². The van der Waals surface area contributed by atoms with Crippen molar-refractivity contribution in [2.24, 2.45) is 0 Å². The molecule has 6 heteroatoms. The molecule has 0 aromatic heterocycles. The standard InChI is InChI=1S/C15H10FN3OS/c16-12-7-5-10(6-8-12)14(20)19-15(21)18-13-4-2-1-3-11(13)9-17/h1-8H,(H2,18,19,20,21). The molecular formula is C15H10FN3OS. The molecule has 4 nitrogen and oxygen atoms in total. The van der Waals surface area contributed by atoms with E-state index < -0.39 is 11.7 Å². The van der Waals surface area contributed by atoms with Crippen molar-refractivity contribution in [2.75, 3.05) is 5.32 Å². The van der Waals surface area contributed by atoms with E-state index in [1.54, 1.807) is 24.3 Å². The van der Waals surface area contributed by atoms with Crippen molar-refractivity contribution in [3.05, 3.63) is 65.5 Å². The van der Waals surface area contributed by atoms with Crippen LogP contribution in [-0.4, -0.2) is 11.0 Å². The van der Waals surface area contributed by atoms with E-state index in [9.17, 15) is 9.18 Å². The van der Waals surface area contributed by atoms with Gasteiger partial charge in [0.1, 0.15) is 11.9 Å². The van der Waals surface area contributed by atoms with Gasteiger partial charge in [0.25, 0.3) is 5.91 Å². The number of halogens is 1. The number of carbonyl (C=O) groups is 1. The Balaban J connectivity index is 2.03. The molecule has 104 valence electrons. The summed E-state index contributed by atoms with van der Waals surface area (Å²) in [6, 6.07) is 13.9. The van der Waals surface area contributed by atoms with Crippen LogP contribution in [-0.2, 0) is 0 Å². The number of hydrogen-bond donors (Lipinski definition) is 2. The van der Waals surface area contributed by atoms with Gasteiger partial charge >= 0.3 is 0 Å². The third-order valence-electron chi connectivity index (χ3n) is 2.63. The fourth-order valence-corrected chi connectivity index (χ4v) is 1.82. The van der Waals surface area contributed by atoms with E-state index in [-0.39, 0.29) is 10.7 Å². The second-order valence-electron chi connectivity index (χ2n) is 4.07. The Bertz CT molecular complexity index is 722. The summed E-state index contributed by atoms with van der Waals surface area (Å²) < 4.78 is 12.8. The maximum Gasteiger partial charge on any atom is 0.257 e. The zero-order valence-electron chi connectivity index (χ0n) is 10.8. The van der Waals surface area contributed by atoms with Crippen molar-refractivity contribution in [3.63, 3.8) is 0 Å². The Morgan fingerprint density at radius 3 is 2.48 bits per heavy atom. The SMILES string of the molecule is N#Cc1ccccc1NC(=S)NC(=O)c1ccc(F)cc1. The average molecular weight is 299 g/mol. The van der Waals surface area contributed by atoms with Crippen LogP contribution in [0.2, 0.25) is 0 Å². The number of rotatable bonds is 2. The fourth-order valence-electron chi connectivity index (χ4n) is 1.62. The van der Waals surface area contributed by atoms with E-state index in [1.807, 2.05) is 6.07 Å². The quantitative estimate of drug-likeness (QED) is 0.837. The predicted molar refractivity (Wildman–Crippen MR) is 81.2 cm³/mol. The van der Waals surface area contributed by atoms with Gasteiger partial charge in [-0.25, -0.2) is 4.39 Å². The van der Waals surface area contributed by atoms with E-state index in [0.29, 0.717) is 11.3 Å². The van der Waals surface area contributed by atoms with Crippen molar-refractivity contribution in [3.8, 4) is 6.07 Å². The lowest BCUT2D eigenvalue weighted by Gasteiger charge is -2.10. The highest BCUT2D eigenvalue weighted by Crippen LogP contribution is 2.13. The number of nitrogens with zero attached hydrogens (tertiary/aromatic N) is 1. The van der Waals surface area contributed by atoms with Gasteiger partial charge in [0.2, 0.25) is 0 Å². The van der Waals surface area contributed by atoms with Gasteiger partial charge in [-0.3, -0.25) is 10.1 Å². The number of anilines is 1. The molecule has 2 N–H and O–H groups in total. The van der Waals surface area contributed by atoms with Crippen LogP contribution >= 0.6 is 12.2 Å².